The molecule has 1 aromatic carbocycles. The molecule has 0 aliphatic heterocycles. The van der Waals surface area contributed by atoms with E-state index in [1.807, 2.05) is 0 Å². The largest absolute Gasteiger partial charge is 0.462 e. The van der Waals surface area contributed by atoms with Gasteiger partial charge in [-0.15, -0.1) is 12.4 Å². The Hall–Kier alpha value is -3.20. The van der Waals surface area contributed by atoms with Crippen molar-refractivity contribution in [3.05, 3.63) is 66.1 Å². The number of rotatable bonds is 5. The number of benzene rings is 1. The van der Waals surface area contributed by atoms with Crippen LogP contribution in [0, 0.1) is 0 Å². The van der Waals surface area contributed by atoms with Gasteiger partial charge < -0.3 is 10.1 Å². The van der Waals surface area contributed by atoms with Crippen molar-refractivity contribution in [1.82, 2.24) is 15.0 Å². The fraction of sp³-hybridized carbons (Fsp3) is 0.158. The second-order valence-corrected chi connectivity index (χ2v) is 5.62. The molecular formula is C19H16ClF3N4O2. The van der Waals surface area contributed by atoms with Crippen molar-refractivity contribution in [2.45, 2.75) is 13.1 Å². The van der Waals surface area contributed by atoms with Gasteiger partial charge in [0.05, 0.1) is 12.2 Å². The normalized spacial score (nSPS) is 10.8. The Labute approximate surface area is 170 Å². The van der Waals surface area contributed by atoms with Crippen LogP contribution in [-0.4, -0.2) is 27.5 Å². The van der Waals surface area contributed by atoms with E-state index in [9.17, 15) is 18.0 Å². The van der Waals surface area contributed by atoms with Gasteiger partial charge in [0.2, 0.25) is 0 Å². The van der Waals surface area contributed by atoms with Crippen LogP contribution in [0.2, 0.25) is 0 Å². The summed E-state index contributed by atoms with van der Waals surface area (Å²) in [6.45, 7) is 1.94. The molecule has 3 rings (SSSR count). The van der Waals surface area contributed by atoms with E-state index in [1.165, 1.54) is 24.5 Å². The first-order valence-electron chi connectivity index (χ1n) is 8.27. The monoisotopic (exact) mass is 424 g/mol. The van der Waals surface area contributed by atoms with Crippen molar-refractivity contribution in [2.24, 2.45) is 0 Å². The predicted molar refractivity (Wildman–Crippen MR) is 103 cm³/mol. The Morgan fingerprint density at radius 2 is 1.86 bits per heavy atom. The molecule has 0 aliphatic carbocycles. The molecule has 2 heterocycles. The van der Waals surface area contributed by atoms with Gasteiger partial charge in [-0.05, 0) is 43.3 Å². The van der Waals surface area contributed by atoms with Crippen molar-refractivity contribution in [2.75, 3.05) is 11.9 Å². The van der Waals surface area contributed by atoms with Crippen LogP contribution in [0.5, 0.6) is 0 Å². The molecule has 0 spiro atoms. The number of aromatic nitrogens is 3. The van der Waals surface area contributed by atoms with Gasteiger partial charge in [0.15, 0.2) is 11.5 Å². The number of pyridine rings is 1. The quantitative estimate of drug-likeness (QED) is 0.587. The molecule has 1 N–H and O–H groups in total. The van der Waals surface area contributed by atoms with Gasteiger partial charge in [-0.1, -0.05) is 0 Å². The summed E-state index contributed by atoms with van der Waals surface area (Å²) in [6.07, 6.45) is -1.75. The Morgan fingerprint density at radius 3 is 2.45 bits per heavy atom. The van der Waals surface area contributed by atoms with Gasteiger partial charge in [0, 0.05) is 29.7 Å². The summed E-state index contributed by atoms with van der Waals surface area (Å²) in [5.41, 5.74) is 0.0698. The zero-order chi connectivity index (χ0) is 20.1. The Kier molecular flexibility index (Phi) is 7.11. The van der Waals surface area contributed by atoms with Gasteiger partial charge >= 0.3 is 12.1 Å². The zero-order valence-corrected chi connectivity index (χ0v) is 15.9. The first-order valence-corrected chi connectivity index (χ1v) is 8.27. The van der Waals surface area contributed by atoms with Crippen LogP contribution in [0.25, 0.3) is 11.4 Å². The first-order chi connectivity index (χ1) is 13.4. The molecule has 2 aromatic heterocycles. The van der Waals surface area contributed by atoms with Crippen molar-refractivity contribution in [3.8, 4) is 11.4 Å². The summed E-state index contributed by atoms with van der Waals surface area (Å²) in [5, 5.41) is 2.80. The van der Waals surface area contributed by atoms with E-state index in [1.54, 1.807) is 31.2 Å². The minimum atomic E-state index is -4.63. The summed E-state index contributed by atoms with van der Waals surface area (Å²) in [4.78, 5) is 23.3. The molecule has 0 fully saturated rings. The lowest BCUT2D eigenvalue weighted by Gasteiger charge is -2.12. The van der Waals surface area contributed by atoms with E-state index in [2.05, 4.69) is 20.3 Å². The Morgan fingerprint density at radius 1 is 1.14 bits per heavy atom. The number of anilines is 2. The minimum absolute atomic E-state index is 0. The smallest absolute Gasteiger partial charge is 0.433 e. The second kappa shape index (κ2) is 9.33. The number of halogens is 4. The van der Waals surface area contributed by atoms with Gasteiger partial charge in [0.1, 0.15) is 5.82 Å². The number of esters is 1. The van der Waals surface area contributed by atoms with Crippen LogP contribution in [0.1, 0.15) is 23.0 Å². The highest BCUT2D eigenvalue weighted by Gasteiger charge is 2.34. The molecule has 0 unspecified atom stereocenters. The topological polar surface area (TPSA) is 77.0 Å². The van der Waals surface area contributed by atoms with Crippen LogP contribution in [0.15, 0.2) is 54.9 Å². The van der Waals surface area contributed by atoms with Gasteiger partial charge in [-0.2, -0.15) is 13.2 Å². The Balaban J connectivity index is 0.00000300. The first kappa shape index (κ1) is 22.1. The molecule has 0 atom stereocenters. The van der Waals surface area contributed by atoms with E-state index in [-0.39, 0.29) is 30.7 Å². The van der Waals surface area contributed by atoms with Crippen LogP contribution >= 0.6 is 12.4 Å². The SMILES string of the molecule is CCOC(=O)c1ccc(Nc2cc(C(F)(F)F)nc(-c3cccnc3)n2)cc1.Cl. The van der Waals surface area contributed by atoms with Crippen molar-refractivity contribution < 1.29 is 22.7 Å². The number of hydrogen-bond acceptors (Lipinski definition) is 6. The van der Waals surface area contributed by atoms with E-state index in [0.29, 0.717) is 16.8 Å². The lowest BCUT2D eigenvalue weighted by atomic mass is 10.2. The van der Waals surface area contributed by atoms with Crippen molar-refractivity contribution >= 4 is 29.9 Å². The molecule has 0 radical (unpaired) electrons. The molecule has 0 amide bonds. The number of carbonyl (C=O) groups is 1. The molecule has 3 aromatic rings. The third kappa shape index (κ3) is 5.64. The number of nitrogens with zero attached hydrogens (tertiary/aromatic N) is 3. The highest BCUT2D eigenvalue weighted by atomic mass is 35.5. The molecule has 152 valence electrons. The molecule has 0 saturated heterocycles. The number of ether oxygens (including phenoxy) is 1. The number of carbonyl (C=O) groups excluding carboxylic acids is 1. The van der Waals surface area contributed by atoms with Crippen LogP contribution in [-0.2, 0) is 10.9 Å². The van der Waals surface area contributed by atoms with Crippen LogP contribution < -0.4 is 5.32 Å². The predicted octanol–water partition coefficient (Wildman–Crippen LogP) is 4.90. The molecule has 29 heavy (non-hydrogen) atoms. The Bertz CT molecular complexity index is 967. The maximum absolute atomic E-state index is 13.2. The third-order valence-electron chi connectivity index (χ3n) is 3.60. The number of nitrogens with one attached hydrogen (secondary N) is 1. The second-order valence-electron chi connectivity index (χ2n) is 5.62. The fourth-order valence-corrected chi connectivity index (χ4v) is 2.33. The standard InChI is InChI=1S/C19H15F3N4O2.ClH/c1-2-28-18(27)12-5-7-14(8-6-12)24-16-10-15(19(20,21)22)25-17(26-16)13-4-3-9-23-11-13;/h3-11H,2H2,1H3,(H,24,25,26);1H. The summed E-state index contributed by atoms with van der Waals surface area (Å²) >= 11 is 0. The average Bonchev–Trinajstić information content (AvgIpc) is 2.68. The molecule has 10 heteroatoms. The van der Waals surface area contributed by atoms with E-state index < -0.39 is 17.8 Å². The molecule has 6 nitrogen and oxygen atoms in total. The highest BCUT2D eigenvalue weighted by Crippen LogP contribution is 2.31. The highest BCUT2D eigenvalue weighted by molar-refractivity contribution is 5.89. The van der Waals surface area contributed by atoms with E-state index in [4.69, 9.17) is 4.74 Å². The lowest BCUT2D eigenvalue weighted by Crippen LogP contribution is -2.11. The van der Waals surface area contributed by atoms with Gasteiger partial charge in [-0.25, -0.2) is 14.8 Å². The van der Waals surface area contributed by atoms with Gasteiger partial charge in [-0.3, -0.25) is 4.98 Å². The summed E-state index contributed by atoms with van der Waals surface area (Å²) < 4.78 is 44.6. The molecule has 0 bridgehead atoms. The molecule has 0 saturated carbocycles. The van der Waals surface area contributed by atoms with E-state index >= 15 is 0 Å². The maximum atomic E-state index is 13.2. The minimum Gasteiger partial charge on any atom is -0.462 e. The molecular weight excluding hydrogens is 409 g/mol. The van der Waals surface area contributed by atoms with E-state index in [0.717, 1.165) is 6.07 Å². The number of hydrogen-bond donors (Lipinski definition) is 1. The summed E-state index contributed by atoms with van der Waals surface area (Å²) in [5.74, 6) is -0.618. The fourth-order valence-electron chi connectivity index (χ4n) is 2.33. The maximum Gasteiger partial charge on any atom is 0.433 e. The van der Waals surface area contributed by atoms with Crippen molar-refractivity contribution in [3.63, 3.8) is 0 Å². The summed E-state index contributed by atoms with van der Waals surface area (Å²) in [7, 11) is 0. The molecule has 0 aliphatic rings. The lowest BCUT2D eigenvalue weighted by molar-refractivity contribution is -0.141. The van der Waals surface area contributed by atoms with Crippen molar-refractivity contribution in [1.29, 1.82) is 0 Å². The van der Waals surface area contributed by atoms with Gasteiger partial charge in [0.25, 0.3) is 0 Å². The summed E-state index contributed by atoms with van der Waals surface area (Å²) in [6, 6.07) is 10.1. The van der Waals surface area contributed by atoms with Crippen LogP contribution in [0.3, 0.4) is 0 Å². The third-order valence-corrected chi connectivity index (χ3v) is 3.60. The number of alkyl halides is 3. The van der Waals surface area contributed by atoms with Crippen LogP contribution in [0.4, 0.5) is 24.7 Å². The average molecular weight is 425 g/mol. The zero-order valence-electron chi connectivity index (χ0n) is 15.1.